The summed E-state index contributed by atoms with van der Waals surface area (Å²) in [5, 5.41) is 8.33. The molecular formula is C17H11ClF3N3O2. The first-order valence-corrected chi connectivity index (χ1v) is 7.72. The molecule has 1 aromatic heterocycles. The van der Waals surface area contributed by atoms with Gasteiger partial charge in [-0.15, -0.1) is 5.10 Å². The third-order valence-corrected chi connectivity index (χ3v) is 3.66. The number of alkyl halides is 3. The van der Waals surface area contributed by atoms with Gasteiger partial charge in [0.2, 0.25) is 0 Å². The molecule has 0 fully saturated rings. The van der Waals surface area contributed by atoms with Gasteiger partial charge in [0.1, 0.15) is 12.3 Å². The lowest BCUT2D eigenvalue weighted by atomic mass is 10.1. The van der Waals surface area contributed by atoms with Crippen molar-refractivity contribution in [3.8, 4) is 5.69 Å². The molecule has 0 bridgehead atoms. The van der Waals surface area contributed by atoms with E-state index < -0.39 is 17.7 Å². The van der Waals surface area contributed by atoms with E-state index in [0.717, 1.165) is 18.2 Å². The maximum Gasteiger partial charge on any atom is 0.416 e. The average Bonchev–Trinajstić information content (AvgIpc) is 3.08. The molecule has 0 aliphatic carbocycles. The average molecular weight is 382 g/mol. The Hall–Kier alpha value is -2.87. The lowest BCUT2D eigenvalue weighted by Crippen LogP contribution is -2.09. The second kappa shape index (κ2) is 7.17. The predicted molar refractivity (Wildman–Crippen MR) is 86.9 cm³/mol. The summed E-state index contributed by atoms with van der Waals surface area (Å²) in [5.74, 6) is -0.878. The van der Waals surface area contributed by atoms with E-state index in [0.29, 0.717) is 16.4 Å². The van der Waals surface area contributed by atoms with Crippen molar-refractivity contribution in [2.45, 2.75) is 12.8 Å². The van der Waals surface area contributed by atoms with Crippen LogP contribution in [0.25, 0.3) is 5.69 Å². The third-order valence-electron chi connectivity index (χ3n) is 3.41. The Kier molecular flexibility index (Phi) is 4.94. The SMILES string of the molecule is O=C(OCc1cn(-c2ccc(Cl)cc2)nn1)c1cccc(C(F)(F)F)c1. The molecular weight excluding hydrogens is 371 g/mol. The maximum atomic E-state index is 12.7. The lowest BCUT2D eigenvalue weighted by Gasteiger charge is -2.08. The van der Waals surface area contributed by atoms with E-state index in [9.17, 15) is 18.0 Å². The number of aromatic nitrogens is 3. The summed E-state index contributed by atoms with van der Waals surface area (Å²) in [6, 6.07) is 10.9. The molecule has 0 saturated heterocycles. The van der Waals surface area contributed by atoms with Gasteiger partial charge in [0.25, 0.3) is 0 Å². The predicted octanol–water partition coefficient (Wildman–Crippen LogP) is 4.30. The first-order valence-electron chi connectivity index (χ1n) is 7.34. The highest BCUT2D eigenvalue weighted by atomic mass is 35.5. The molecule has 1 heterocycles. The minimum Gasteiger partial charge on any atom is -0.455 e. The molecule has 0 saturated carbocycles. The topological polar surface area (TPSA) is 57.0 Å². The molecule has 0 spiro atoms. The minimum atomic E-state index is -4.53. The van der Waals surface area contributed by atoms with Gasteiger partial charge in [-0.3, -0.25) is 0 Å². The fourth-order valence-corrected chi connectivity index (χ4v) is 2.26. The van der Waals surface area contributed by atoms with E-state index in [1.165, 1.54) is 10.7 Å². The van der Waals surface area contributed by atoms with Gasteiger partial charge < -0.3 is 4.74 Å². The number of halogens is 4. The molecule has 0 aliphatic heterocycles. The molecule has 26 heavy (non-hydrogen) atoms. The number of carbonyl (C=O) groups is 1. The second-order valence-corrected chi connectivity index (χ2v) is 5.72. The number of ether oxygens (including phenoxy) is 1. The van der Waals surface area contributed by atoms with Gasteiger partial charge in [0.15, 0.2) is 0 Å². The van der Waals surface area contributed by atoms with Crippen LogP contribution in [0.5, 0.6) is 0 Å². The second-order valence-electron chi connectivity index (χ2n) is 5.29. The summed E-state index contributed by atoms with van der Waals surface area (Å²) in [4.78, 5) is 12.0. The molecule has 0 aliphatic rings. The van der Waals surface area contributed by atoms with Crippen molar-refractivity contribution in [1.29, 1.82) is 0 Å². The Morgan fingerprint density at radius 1 is 1.15 bits per heavy atom. The summed E-state index contributed by atoms with van der Waals surface area (Å²) in [5.41, 5.74) is -0.0526. The van der Waals surface area contributed by atoms with Crippen LogP contribution in [0.3, 0.4) is 0 Å². The van der Waals surface area contributed by atoms with Gasteiger partial charge in [0.05, 0.1) is 23.0 Å². The van der Waals surface area contributed by atoms with Gasteiger partial charge in [-0.2, -0.15) is 13.2 Å². The Labute approximate surface area is 151 Å². The molecule has 0 amide bonds. The van der Waals surface area contributed by atoms with Crippen LogP contribution in [0.1, 0.15) is 21.6 Å². The zero-order valence-corrected chi connectivity index (χ0v) is 13.8. The molecule has 0 radical (unpaired) electrons. The number of nitrogens with zero attached hydrogens (tertiary/aromatic N) is 3. The zero-order chi connectivity index (χ0) is 18.7. The monoisotopic (exact) mass is 381 g/mol. The van der Waals surface area contributed by atoms with Gasteiger partial charge in [-0.05, 0) is 42.5 Å². The summed E-state index contributed by atoms with van der Waals surface area (Å²) < 4.78 is 44.5. The number of esters is 1. The van der Waals surface area contributed by atoms with Crippen LogP contribution in [0.15, 0.2) is 54.7 Å². The Bertz CT molecular complexity index is 924. The van der Waals surface area contributed by atoms with Crippen molar-refractivity contribution in [3.05, 3.63) is 76.6 Å². The maximum absolute atomic E-state index is 12.7. The van der Waals surface area contributed by atoms with Crippen LogP contribution >= 0.6 is 11.6 Å². The fourth-order valence-electron chi connectivity index (χ4n) is 2.13. The number of benzene rings is 2. The van der Waals surface area contributed by atoms with E-state index in [1.807, 2.05) is 0 Å². The quantitative estimate of drug-likeness (QED) is 0.632. The highest BCUT2D eigenvalue weighted by molar-refractivity contribution is 6.30. The van der Waals surface area contributed by atoms with Crippen molar-refractivity contribution in [2.75, 3.05) is 0 Å². The first kappa shape index (κ1) is 17.9. The van der Waals surface area contributed by atoms with Gasteiger partial charge >= 0.3 is 12.1 Å². The summed E-state index contributed by atoms with van der Waals surface area (Å²) >= 11 is 5.81. The van der Waals surface area contributed by atoms with Gasteiger partial charge in [0, 0.05) is 5.02 Å². The molecule has 9 heteroatoms. The van der Waals surface area contributed by atoms with Crippen LogP contribution < -0.4 is 0 Å². The standard InChI is InChI=1S/C17H11ClF3N3O2/c18-13-4-6-15(7-5-13)24-9-14(22-23-24)10-26-16(25)11-2-1-3-12(8-11)17(19,20)21/h1-9H,10H2. The van der Waals surface area contributed by atoms with E-state index in [1.54, 1.807) is 30.5 Å². The summed E-state index contributed by atoms with van der Waals surface area (Å²) in [7, 11) is 0. The number of hydrogen-bond acceptors (Lipinski definition) is 4. The van der Waals surface area contributed by atoms with E-state index >= 15 is 0 Å². The van der Waals surface area contributed by atoms with Crippen LogP contribution in [-0.4, -0.2) is 21.0 Å². The Morgan fingerprint density at radius 2 is 1.88 bits per heavy atom. The Balaban J connectivity index is 1.66. The number of carbonyl (C=O) groups excluding carboxylic acids is 1. The minimum absolute atomic E-state index is 0.190. The number of rotatable bonds is 4. The van der Waals surface area contributed by atoms with Crippen molar-refractivity contribution < 1.29 is 22.7 Å². The molecule has 5 nitrogen and oxygen atoms in total. The Morgan fingerprint density at radius 3 is 2.58 bits per heavy atom. The van der Waals surface area contributed by atoms with E-state index in [-0.39, 0.29) is 12.2 Å². The summed E-state index contributed by atoms with van der Waals surface area (Å²) in [6.07, 6.45) is -2.99. The van der Waals surface area contributed by atoms with Gasteiger partial charge in [-0.1, -0.05) is 22.9 Å². The van der Waals surface area contributed by atoms with E-state index in [4.69, 9.17) is 16.3 Å². The highest BCUT2D eigenvalue weighted by Gasteiger charge is 2.31. The van der Waals surface area contributed by atoms with Crippen LogP contribution in [0, 0.1) is 0 Å². The lowest BCUT2D eigenvalue weighted by molar-refractivity contribution is -0.137. The highest BCUT2D eigenvalue weighted by Crippen LogP contribution is 2.29. The van der Waals surface area contributed by atoms with Crippen molar-refractivity contribution in [3.63, 3.8) is 0 Å². The van der Waals surface area contributed by atoms with Crippen molar-refractivity contribution in [1.82, 2.24) is 15.0 Å². The molecule has 0 N–H and O–H groups in total. The van der Waals surface area contributed by atoms with Crippen molar-refractivity contribution >= 4 is 17.6 Å². The first-order chi connectivity index (χ1) is 12.3. The zero-order valence-electron chi connectivity index (χ0n) is 13.1. The molecule has 134 valence electrons. The molecule has 3 rings (SSSR count). The molecule has 0 unspecified atom stereocenters. The molecule has 3 aromatic rings. The normalized spacial score (nSPS) is 11.4. The smallest absolute Gasteiger partial charge is 0.416 e. The molecule has 2 aromatic carbocycles. The van der Waals surface area contributed by atoms with E-state index in [2.05, 4.69) is 10.3 Å². The third kappa shape index (κ3) is 4.20. The van der Waals surface area contributed by atoms with Crippen LogP contribution in [0.4, 0.5) is 13.2 Å². The molecule has 0 atom stereocenters. The largest absolute Gasteiger partial charge is 0.455 e. The van der Waals surface area contributed by atoms with Gasteiger partial charge in [-0.25, -0.2) is 9.48 Å². The van der Waals surface area contributed by atoms with Crippen LogP contribution in [0.2, 0.25) is 5.02 Å². The van der Waals surface area contributed by atoms with Crippen LogP contribution in [-0.2, 0) is 17.5 Å². The summed E-state index contributed by atoms with van der Waals surface area (Å²) in [6.45, 7) is -0.220. The van der Waals surface area contributed by atoms with Crippen molar-refractivity contribution in [2.24, 2.45) is 0 Å². The number of hydrogen-bond donors (Lipinski definition) is 0. The fraction of sp³-hybridized carbons (Fsp3) is 0.118.